The Morgan fingerprint density at radius 1 is 1.30 bits per heavy atom. The molecule has 2 atom stereocenters. The summed E-state index contributed by atoms with van der Waals surface area (Å²) in [7, 11) is 1.67. The second-order valence-corrected chi connectivity index (χ2v) is 6.47. The van der Waals surface area contributed by atoms with Crippen molar-refractivity contribution < 1.29 is 22.7 Å². The van der Waals surface area contributed by atoms with Gasteiger partial charge in [0.25, 0.3) is 0 Å². The van der Waals surface area contributed by atoms with Crippen LogP contribution in [0.1, 0.15) is 31.7 Å². The Morgan fingerprint density at radius 2 is 2.00 bits per heavy atom. The molecular formula is C20H25F3N2O2. The molecule has 1 aliphatic carbocycles. The van der Waals surface area contributed by atoms with Gasteiger partial charge in [0.1, 0.15) is 5.60 Å². The van der Waals surface area contributed by atoms with Crippen molar-refractivity contribution in [3.05, 3.63) is 54.1 Å². The van der Waals surface area contributed by atoms with Gasteiger partial charge in [0.05, 0.1) is 6.04 Å². The van der Waals surface area contributed by atoms with Crippen LogP contribution in [0.5, 0.6) is 0 Å². The lowest BCUT2D eigenvalue weighted by atomic mass is 9.87. The highest BCUT2D eigenvalue weighted by atomic mass is 19.4. The van der Waals surface area contributed by atoms with Gasteiger partial charge in [-0.1, -0.05) is 55.5 Å². The monoisotopic (exact) mass is 382 g/mol. The van der Waals surface area contributed by atoms with E-state index < -0.39 is 12.0 Å². The first-order valence-corrected chi connectivity index (χ1v) is 8.95. The van der Waals surface area contributed by atoms with E-state index in [1.807, 2.05) is 37.3 Å². The number of ether oxygens (including phenoxy) is 1. The molecule has 1 amide bonds. The number of rotatable bonds is 8. The van der Waals surface area contributed by atoms with E-state index >= 15 is 0 Å². The number of hydrogen-bond acceptors (Lipinski definition) is 3. The number of nitrogens with one attached hydrogen (secondary N) is 2. The lowest BCUT2D eigenvalue weighted by Crippen LogP contribution is -2.45. The predicted octanol–water partition coefficient (Wildman–Crippen LogP) is 3.81. The van der Waals surface area contributed by atoms with E-state index in [4.69, 9.17) is 0 Å². The Morgan fingerprint density at radius 3 is 2.52 bits per heavy atom. The van der Waals surface area contributed by atoms with Gasteiger partial charge in [-0.15, -0.1) is 13.2 Å². The molecule has 1 aliphatic rings. The largest absolute Gasteiger partial charge is 0.523 e. The molecule has 2 unspecified atom stereocenters. The van der Waals surface area contributed by atoms with Crippen molar-refractivity contribution in [1.29, 1.82) is 0 Å². The molecule has 148 valence electrons. The van der Waals surface area contributed by atoms with Crippen LogP contribution in [0.4, 0.5) is 13.2 Å². The third kappa shape index (κ3) is 6.22. The van der Waals surface area contributed by atoms with Gasteiger partial charge in [0.15, 0.2) is 0 Å². The normalized spacial score (nSPS) is 20.9. The van der Waals surface area contributed by atoms with E-state index in [2.05, 4.69) is 15.4 Å². The summed E-state index contributed by atoms with van der Waals surface area (Å²) in [6.07, 6.45) is 0.767. The summed E-state index contributed by atoms with van der Waals surface area (Å²) in [4.78, 5) is 12.0. The van der Waals surface area contributed by atoms with Gasteiger partial charge < -0.3 is 10.6 Å². The fraction of sp³-hybridized carbons (Fsp3) is 0.450. The summed E-state index contributed by atoms with van der Waals surface area (Å²) in [6, 6.07) is 9.06. The topological polar surface area (TPSA) is 50.4 Å². The Bertz CT molecular complexity index is 682. The molecule has 4 nitrogen and oxygen atoms in total. The zero-order valence-corrected chi connectivity index (χ0v) is 15.5. The van der Waals surface area contributed by atoms with Crippen molar-refractivity contribution in [2.75, 3.05) is 13.6 Å². The first-order chi connectivity index (χ1) is 12.8. The molecule has 0 radical (unpaired) electrons. The van der Waals surface area contributed by atoms with Gasteiger partial charge in [-0.25, -0.2) is 0 Å². The molecule has 0 saturated heterocycles. The molecule has 0 heterocycles. The number of alkyl halides is 3. The van der Waals surface area contributed by atoms with Gasteiger partial charge >= 0.3 is 6.36 Å². The molecule has 0 spiro atoms. The third-order valence-corrected chi connectivity index (χ3v) is 4.58. The van der Waals surface area contributed by atoms with Crippen molar-refractivity contribution in [2.45, 2.75) is 44.2 Å². The number of carbonyl (C=O) groups excluding carboxylic acids is 1. The molecule has 0 saturated carbocycles. The van der Waals surface area contributed by atoms with Crippen LogP contribution >= 0.6 is 0 Å². The average Bonchev–Trinajstić information content (AvgIpc) is 2.63. The number of halogens is 3. The van der Waals surface area contributed by atoms with Crippen LogP contribution in [-0.2, 0) is 9.53 Å². The number of hydrogen-bond donors (Lipinski definition) is 2. The number of amides is 1. The minimum atomic E-state index is -4.76. The van der Waals surface area contributed by atoms with E-state index in [9.17, 15) is 18.0 Å². The molecule has 2 N–H and O–H groups in total. The smallest absolute Gasteiger partial charge is 0.355 e. The fourth-order valence-corrected chi connectivity index (χ4v) is 3.09. The van der Waals surface area contributed by atoms with E-state index in [0.717, 1.165) is 11.1 Å². The summed E-state index contributed by atoms with van der Waals surface area (Å²) in [6.45, 7) is 1.95. The van der Waals surface area contributed by atoms with Gasteiger partial charge in [-0.2, -0.15) is 0 Å². The van der Waals surface area contributed by atoms with Gasteiger partial charge in [-0.3, -0.25) is 9.53 Å². The van der Waals surface area contributed by atoms with Crippen LogP contribution in [0.2, 0.25) is 0 Å². The number of allylic oxidation sites excluding steroid dienone is 2. The zero-order valence-electron chi connectivity index (χ0n) is 15.5. The Labute approximate surface area is 157 Å². The SMILES string of the molecule is CCC(NC)C(=O)NCCC1(OC(F)(F)F)C=CC(c2ccccc2)=CC1. The first kappa shape index (κ1) is 21.2. The zero-order chi connectivity index (χ0) is 19.9. The summed E-state index contributed by atoms with van der Waals surface area (Å²) in [5.74, 6) is -0.234. The number of likely N-dealkylation sites (N-methyl/N-ethyl adjacent to an activating group) is 1. The van der Waals surface area contributed by atoms with Crippen LogP contribution in [0.15, 0.2) is 48.6 Å². The van der Waals surface area contributed by atoms with Crippen LogP contribution in [0.25, 0.3) is 5.57 Å². The molecule has 1 aromatic rings. The minimum absolute atomic E-state index is 0.0213. The quantitative estimate of drug-likeness (QED) is 0.719. The average molecular weight is 382 g/mol. The second-order valence-electron chi connectivity index (χ2n) is 6.47. The van der Waals surface area contributed by atoms with Crippen LogP contribution in [-0.4, -0.2) is 37.5 Å². The maximum Gasteiger partial charge on any atom is 0.523 e. The lowest BCUT2D eigenvalue weighted by molar-refractivity contribution is -0.358. The molecule has 27 heavy (non-hydrogen) atoms. The maximum atomic E-state index is 13.0. The summed E-state index contributed by atoms with van der Waals surface area (Å²) in [5.41, 5.74) is 0.260. The van der Waals surface area contributed by atoms with Crippen molar-refractivity contribution in [3.63, 3.8) is 0 Å². The predicted molar refractivity (Wildman–Crippen MR) is 98.8 cm³/mol. The maximum absolute atomic E-state index is 13.0. The Kier molecular flexibility index (Phi) is 7.21. The Balaban J connectivity index is 2.06. The highest BCUT2D eigenvalue weighted by Crippen LogP contribution is 2.36. The second kappa shape index (κ2) is 9.19. The first-order valence-electron chi connectivity index (χ1n) is 8.95. The van der Waals surface area contributed by atoms with Crippen molar-refractivity contribution in [1.82, 2.24) is 10.6 Å². The molecular weight excluding hydrogens is 357 g/mol. The molecule has 0 aromatic heterocycles. The van der Waals surface area contributed by atoms with Gasteiger partial charge in [0, 0.05) is 6.54 Å². The fourth-order valence-electron chi connectivity index (χ4n) is 3.09. The Hall–Kier alpha value is -2.12. The highest BCUT2D eigenvalue weighted by Gasteiger charge is 2.42. The van der Waals surface area contributed by atoms with Crippen LogP contribution in [0, 0.1) is 0 Å². The van der Waals surface area contributed by atoms with Crippen molar-refractivity contribution in [2.24, 2.45) is 0 Å². The number of carbonyl (C=O) groups is 1. The van der Waals surface area contributed by atoms with Gasteiger partial charge in [-0.05, 0) is 37.4 Å². The van der Waals surface area contributed by atoms with Crippen LogP contribution in [0.3, 0.4) is 0 Å². The lowest BCUT2D eigenvalue weighted by Gasteiger charge is -2.33. The molecule has 2 rings (SSSR count). The molecule has 7 heteroatoms. The van der Waals surface area contributed by atoms with Crippen molar-refractivity contribution in [3.8, 4) is 0 Å². The number of benzene rings is 1. The summed E-state index contributed by atoms with van der Waals surface area (Å²) >= 11 is 0. The van der Waals surface area contributed by atoms with Gasteiger partial charge in [0.2, 0.25) is 5.91 Å². The minimum Gasteiger partial charge on any atom is -0.355 e. The highest BCUT2D eigenvalue weighted by molar-refractivity contribution is 5.81. The third-order valence-electron chi connectivity index (χ3n) is 4.58. The van der Waals surface area contributed by atoms with E-state index in [1.54, 1.807) is 19.2 Å². The molecule has 1 aromatic carbocycles. The summed E-state index contributed by atoms with van der Waals surface area (Å²) < 4.78 is 43.3. The van der Waals surface area contributed by atoms with E-state index in [1.165, 1.54) is 6.08 Å². The van der Waals surface area contributed by atoms with E-state index in [-0.39, 0.29) is 31.3 Å². The van der Waals surface area contributed by atoms with E-state index in [0.29, 0.717) is 6.42 Å². The van der Waals surface area contributed by atoms with Crippen LogP contribution < -0.4 is 10.6 Å². The summed E-state index contributed by atoms with van der Waals surface area (Å²) in [5, 5.41) is 5.55. The van der Waals surface area contributed by atoms with Crippen molar-refractivity contribution >= 4 is 11.5 Å². The standard InChI is InChI=1S/C20H25F3N2O2/c1-3-17(24-2)18(26)25-14-13-19(27-20(21,22)23)11-9-16(10-12-19)15-7-5-4-6-8-15/h4-11,17,24H,3,12-14H2,1-2H3,(H,25,26). The molecule has 0 aliphatic heterocycles. The molecule has 0 bridgehead atoms. The molecule has 0 fully saturated rings.